The van der Waals surface area contributed by atoms with E-state index in [0.717, 1.165) is 19.5 Å². The lowest BCUT2D eigenvalue weighted by Gasteiger charge is -2.36. The van der Waals surface area contributed by atoms with E-state index in [1.807, 2.05) is 0 Å². The Kier molecular flexibility index (Phi) is 7.83. The number of nitrogens with zero attached hydrogens (tertiary/aromatic N) is 1. The topological polar surface area (TPSA) is 100 Å². The van der Waals surface area contributed by atoms with Gasteiger partial charge in [0, 0.05) is 38.6 Å². The van der Waals surface area contributed by atoms with Crippen LogP contribution in [-0.4, -0.2) is 80.2 Å². The van der Waals surface area contributed by atoms with Crippen LogP contribution in [0.2, 0.25) is 5.02 Å². The van der Waals surface area contributed by atoms with Gasteiger partial charge in [-0.15, -0.1) is 0 Å². The fourth-order valence-electron chi connectivity index (χ4n) is 3.73. The van der Waals surface area contributed by atoms with E-state index in [-0.39, 0.29) is 23.5 Å². The molecule has 9 heteroatoms. The molecule has 0 saturated carbocycles. The van der Waals surface area contributed by atoms with E-state index in [0.29, 0.717) is 62.0 Å². The van der Waals surface area contributed by atoms with Gasteiger partial charge >= 0.3 is 0 Å². The van der Waals surface area contributed by atoms with Gasteiger partial charge < -0.3 is 34.6 Å². The quantitative estimate of drug-likeness (QED) is 0.601. The van der Waals surface area contributed by atoms with E-state index >= 15 is 0 Å². The van der Waals surface area contributed by atoms with Gasteiger partial charge in [0.25, 0.3) is 5.91 Å². The number of halogens is 1. The number of rotatable bonds is 7. The molecular formula is C20H29ClN2O6. The van der Waals surface area contributed by atoms with Crippen molar-refractivity contribution in [3.63, 3.8) is 0 Å². The molecule has 3 N–H and O–H groups in total. The first kappa shape index (κ1) is 22.0. The largest absolute Gasteiger partial charge is 0.491 e. The van der Waals surface area contributed by atoms with Crippen molar-refractivity contribution in [3.05, 3.63) is 16.7 Å². The minimum atomic E-state index is -0.529. The maximum absolute atomic E-state index is 12.9. The molecule has 0 aliphatic carbocycles. The highest BCUT2D eigenvalue weighted by atomic mass is 35.5. The summed E-state index contributed by atoms with van der Waals surface area (Å²) in [4.78, 5) is 15.0. The zero-order valence-electron chi connectivity index (χ0n) is 16.7. The molecule has 2 heterocycles. The Hall–Kier alpha value is -1.74. The van der Waals surface area contributed by atoms with Crippen molar-refractivity contribution in [1.29, 1.82) is 0 Å². The van der Waals surface area contributed by atoms with Crippen LogP contribution >= 0.6 is 11.6 Å². The molecule has 0 spiro atoms. The van der Waals surface area contributed by atoms with Crippen LogP contribution in [0.5, 0.6) is 17.2 Å². The highest BCUT2D eigenvalue weighted by molar-refractivity contribution is 6.33. The number of aliphatic hydroxyl groups excluding tert-OH is 2. The maximum Gasteiger partial charge on any atom is 0.255 e. The number of piperidine rings is 1. The van der Waals surface area contributed by atoms with Gasteiger partial charge in [0.05, 0.1) is 37.0 Å². The first-order chi connectivity index (χ1) is 14.0. The fourth-order valence-corrected chi connectivity index (χ4v) is 4.00. The number of hydrogen-bond acceptors (Lipinski definition) is 7. The number of methoxy groups -OCH3 is 1. The second kappa shape index (κ2) is 10.3. The molecule has 29 heavy (non-hydrogen) atoms. The normalized spacial score (nSPS) is 22.1. The molecule has 1 saturated heterocycles. The minimum Gasteiger partial charge on any atom is -0.491 e. The van der Waals surface area contributed by atoms with Crippen molar-refractivity contribution in [3.8, 4) is 17.2 Å². The van der Waals surface area contributed by atoms with Gasteiger partial charge in [-0.05, 0) is 25.5 Å². The van der Waals surface area contributed by atoms with E-state index in [4.69, 9.17) is 30.9 Å². The molecule has 0 aromatic heterocycles. The molecule has 8 nitrogen and oxygen atoms in total. The van der Waals surface area contributed by atoms with Crippen LogP contribution < -0.4 is 19.5 Å². The van der Waals surface area contributed by atoms with E-state index in [9.17, 15) is 9.90 Å². The number of amides is 1. The molecule has 3 rings (SSSR count). The van der Waals surface area contributed by atoms with E-state index in [2.05, 4.69) is 10.2 Å². The van der Waals surface area contributed by atoms with Gasteiger partial charge in [-0.3, -0.25) is 4.79 Å². The number of ether oxygens (including phenoxy) is 3. The monoisotopic (exact) mass is 428 g/mol. The zero-order chi connectivity index (χ0) is 20.8. The number of likely N-dealkylation sites (tertiary alicyclic amines) is 1. The molecule has 2 atom stereocenters. The van der Waals surface area contributed by atoms with Gasteiger partial charge in [0.1, 0.15) is 0 Å². The smallest absolute Gasteiger partial charge is 0.255 e. The Labute approximate surface area is 175 Å². The number of carbonyl (C=O) groups excluding carboxylic acids is 1. The maximum atomic E-state index is 12.9. The van der Waals surface area contributed by atoms with Crippen LogP contribution in [0.3, 0.4) is 0 Å². The average Bonchev–Trinajstić information content (AvgIpc) is 2.96. The molecule has 2 aliphatic rings. The highest BCUT2D eigenvalue weighted by Gasteiger charge is 2.30. The first-order valence-corrected chi connectivity index (χ1v) is 10.4. The summed E-state index contributed by atoms with van der Waals surface area (Å²) in [5, 5.41) is 22.6. The standard InChI is InChI=1S/C20H29ClN2O6/c1-27-18-15(21)10-14(17-19(18)29-9-3-8-28-17)20(26)22-11-13-4-6-23(5-2-7-24)12-16(13)25/h10,13,16,24-25H,2-9,11-12H2,1H3,(H,22,26)/t13?,16-/m1/s1. The summed E-state index contributed by atoms with van der Waals surface area (Å²) in [7, 11) is 1.49. The molecule has 0 radical (unpaired) electrons. The Morgan fingerprint density at radius 3 is 2.83 bits per heavy atom. The second-order valence-corrected chi connectivity index (χ2v) is 7.76. The summed E-state index contributed by atoms with van der Waals surface area (Å²) in [5.74, 6) is 0.673. The summed E-state index contributed by atoms with van der Waals surface area (Å²) in [5.41, 5.74) is 0.294. The minimum absolute atomic E-state index is 0.0335. The Bertz CT molecular complexity index is 717. The van der Waals surface area contributed by atoms with Gasteiger partial charge in [-0.1, -0.05) is 11.6 Å². The zero-order valence-corrected chi connectivity index (χ0v) is 17.4. The third kappa shape index (κ3) is 5.25. The van der Waals surface area contributed by atoms with Crippen LogP contribution in [-0.2, 0) is 0 Å². The van der Waals surface area contributed by atoms with E-state index in [1.54, 1.807) is 0 Å². The number of benzene rings is 1. The Morgan fingerprint density at radius 1 is 1.38 bits per heavy atom. The number of aliphatic hydroxyl groups is 2. The van der Waals surface area contributed by atoms with Gasteiger partial charge in [-0.2, -0.15) is 0 Å². The van der Waals surface area contributed by atoms with Crippen molar-refractivity contribution >= 4 is 17.5 Å². The summed E-state index contributed by atoms with van der Waals surface area (Å²) >= 11 is 6.29. The molecule has 1 fully saturated rings. The predicted octanol–water partition coefficient (Wildman–Crippen LogP) is 1.30. The molecule has 1 amide bonds. The van der Waals surface area contributed by atoms with Gasteiger partial charge in [0.2, 0.25) is 5.75 Å². The number of nitrogens with one attached hydrogen (secondary N) is 1. The van der Waals surface area contributed by atoms with Crippen molar-refractivity contribution in [1.82, 2.24) is 10.2 Å². The second-order valence-electron chi connectivity index (χ2n) is 7.35. The molecular weight excluding hydrogens is 400 g/mol. The number of β-amino-alcohol motifs (C(OH)–C–C–N with tert-alkyl or cyclic N) is 1. The third-order valence-corrected chi connectivity index (χ3v) is 5.62. The van der Waals surface area contributed by atoms with Crippen molar-refractivity contribution in [2.24, 2.45) is 5.92 Å². The lowest BCUT2D eigenvalue weighted by molar-refractivity contribution is 0.0201. The molecule has 0 bridgehead atoms. The summed E-state index contributed by atoms with van der Waals surface area (Å²) in [6.45, 7) is 3.52. The van der Waals surface area contributed by atoms with Crippen molar-refractivity contribution in [2.75, 3.05) is 53.1 Å². The molecule has 1 aromatic carbocycles. The van der Waals surface area contributed by atoms with Crippen LogP contribution in [0, 0.1) is 5.92 Å². The average molecular weight is 429 g/mol. The molecule has 1 aromatic rings. The molecule has 2 aliphatic heterocycles. The van der Waals surface area contributed by atoms with Crippen LogP contribution in [0.25, 0.3) is 0 Å². The SMILES string of the molecule is COc1c(Cl)cc(C(=O)NCC2CCN(CCCO)C[C@H]2O)c2c1OCCCO2. The third-order valence-electron chi connectivity index (χ3n) is 5.34. The number of hydrogen-bond donors (Lipinski definition) is 3. The number of fused-ring (bicyclic) bond motifs is 1. The molecule has 1 unspecified atom stereocenters. The van der Waals surface area contributed by atoms with Gasteiger partial charge in [0.15, 0.2) is 11.5 Å². The lowest BCUT2D eigenvalue weighted by Crippen LogP contribution is -2.47. The fraction of sp³-hybridized carbons (Fsp3) is 0.650. The van der Waals surface area contributed by atoms with Crippen molar-refractivity contribution in [2.45, 2.75) is 25.4 Å². The molecule has 162 valence electrons. The van der Waals surface area contributed by atoms with Gasteiger partial charge in [-0.25, -0.2) is 0 Å². The van der Waals surface area contributed by atoms with E-state index in [1.165, 1.54) is 13.2 Å². The Morgan fingerprint density at radius 2 is 2.14 bits per heavy atom. The van der Waals surface area contributed by atoms with Crippen LogP contribution in [0.1, 0.15) is 29.6 Å². The van der Waals surface area contributed by atoms with E-state index < -0.39 is 6.10 Å². The number of carbonyl (C=O) groups is 1. The summed E-state index contributed by atoms with van der Waals surface area (Å²) in [6, 6.07) is 1.52. The Balaban J connectivity index is 1.66. The predicted molar refractivity (Wildman–Crippen MR) is 108 cm³/mol. The van der Waals surface area contributed by atoms with Crippen LogP contribution in [0.4, 0.5) is 0 Å². The highest BCUT2D eigenvalue weighted by Crippen LogP contribution is 2.46. The summed E-state index contributed by atoms with van der Waals surface area (Å²) < 4.78 is 16.8. The first-order valence-electron chi connectivity index (χ1n) is 10.0. The summed E-state index contributed by atoms with van der Waals surface area (Å²) in [6.07, 6.45) is 1.63. The lowest BCUT2D eigenvalue weighted by atomic mass is 9.93. The van der Waals surface area contributed by atoms with Crippen LogP contribution in [0.15, 0.2) is 6.07 Å². The van der Waals surface area contributed by atoms with Crippen molar-refractivity contribution < 1.29 is 29.2 Å².